The number of carbonyl (C=O) groups is 2. The van der Waals surface area contributed by atoms with E-state index < -0.39 is 11.9 Å². The first kappa shape index (κ1) is 15.1. The van der Waals surface area contributed by atoms with Gasteiger partial charge in [0.1, 0.15) is 0 Å². The average Bonchev–Trinajstić information content (AvgIpc) is 2.79. The SMILES string of the molecule is C[C@@H]1CN(C(=O)N(C)C2CCCN(C)C2)C[C@H]1C(=O)O. The summed E-state index contributed by atoms with van der Waals surface area (Å²) in [6.45, 7) is 4.76. The Labute approximate surface area is 120 Å². The second-order valence-electron chi connectivity index (χ2n) is 6.28. The summed E-state index contributed by atoms with van der Waals surface area (Å²) >= 11 is 0. The maximum Gasteiger partial charge on any atom is 0.320 e. The fourth-order valence-corrected chi connectivity index (χ4v) is 3.28. The third-order valence-corrected chi connectivity index (χ3v) is 4.65. The van der Waals surface area contributed by atoms with Gasteiger partial charge in [0.25, 0.3) is 0 Å². The Bertz CT molecular complexity index is 388. The van der Waals surface area contributed by atoms with Gasteiger partial charge in [-0.25, -0.2) is 4.79 Å². The highest BCUT2D eigenvalue weighted by Gasteiger charge is 2.39. The highest BCUT2D eigenvalue weighted by Crippen LogP contribution is 2.25. The van der Waals surface area contributed by atoms with E-state index in [0.717, 1.165) is 25.9 Å². The summed E-state index contributed by atoms with van der Waals surface area (Å²) in [5, 5.41) is 9.15. The first-order valence-electron chi connectivity index (χ1n) is 7.33. The van der Waals surface area contributed by atoms with Crippen LogP contribution in [0.25, 0.3) is 0 Å². The maximum absolute atomic E-state index is 12.5. The lowest BCUT2D eigenvalue weighted by Gasteiger charge is -2.37. The molecule has 0 bridgehead atoms. The summed E-state index contributed by atoms with van der Waals surface area (Å²) < 4.78 is 0. The molecule has 2 fully saturated rings. The van der Waals surface area contributed by atoms with E-state index in [1.54, 1.807) is 9.80 Å². The van der Waals surface area contributed by atoms with Crippen LogP contribution >= 0.6 is 0 Å². The number of hydrogen-bond donors (Lipinski definition) is 1. The molecule has 0 spiro atoms. The molecule has 0 aromatic carbocycles. The smallest absolute Gasteiger partial charge is 0.320 e. The zero-order valence-electron chi connectivity index (χ0n) is 12.6. The predicted molar refractivity (Wildman–Crippen MR) is 75.5 cm³/mol. The van der Waals surface area contributed by atoms with Crippen molar-refractivity contribution >= 4 is 12.0 Å². The molecule has 6 heteroatoms. The zero-order chi connectivity index (χ0) is 14.9. The molecule has 2 amide bonds. The molecular weight excluding hydrogens is 258 g/mol. The van der Waals surface area contributed by atoms with E-state index in [-0.39, 0.29) is 18.0 Å². The first-order valence-corrected chi connectivity index (χ1v) is 7.33. The normalized spacial score (nSPS) is 31.4. The first-order chi connectivity index (χ1) is 9.40. The van der Waals surface area contributed by atoms with Crippen molar-refractivity contribution in [3.8, 4) is 0 Å². The van der Waals surface area contributed by atoms with Crippen molar-refractivity contribution in [1.29, 1.82) is 0 Å². The lowest BCUT2D eigenvalue weighted by atomic mass is 9.99. The Morgan fingerprint density at radius 3 is 2.50 bits per heavy atom. The molecule has 114 valence electrons. The molecule has 1 unspecified atom stereocenters. The topological polar surface area (TPSA) is 64.1 Å². The quantitative estimate of drug-likeness (QED) is 0.813. The van der Waals surface area contributed by atoms with Crippen molar-refractivity contribution in [3.63, 3.8) is 0 Å². The number of urea groups is 1. The maximum atomic E-state index is 12.5. The molecule has 1 N–H and O–H groups in total. The monoisotopic (exact) mass is 283 g/mol. The van der Waals surface area contributed by atoms with Crippen molar-refractivity contribution < 1.29 is 14.7 Å². The van der Waals surface area contributed by atoms with Crippen LogP contribution < -0.4 is 0 Å². The molecule has 2 saturated heterocycles. The minimum Gasteiger partial charge on any atom is -0.481 e. The second-order valence-corrected chi connectivity index (χ2v) is 6.28. The molecule has 0 aromatic heterocycles. The van der Waals surface area contributed by atoms with Crippen molar-refractivity contribution in [2.24, 2.45) is 11.8 Å². The Balaban J connectivity index is 1.95. The molecule has 2 aliphatic rings. The minimum absolute atomic E-state index is 0.0267. The van der Waals surface area contributed by atoms with Crippen LogP contribution in [0.5, 0.6) is 0 Å². The Morgan fingerprint density at radius 1 is 1.25 bits per heavy atom. The summed E-state index contributed by atoms with van der Waals surface area (Å²) in [5.41, 5.74) is 0. The number of rotatable bonds is 2. The lowest BCUT2D eigenvalue weighted by molar-refractivity contribution is -0.142. The number of amides is 2. The molecule has 2 rings (SSSR count). The molecule has 0 aliphatic carbocycles. The van der Waals surface area contributed by atoms with Crippen LogP contribution in [0, 0.1) is 11.8 Å². The van der Waals surface area contributed by atoms with Gasteiger partial charge in [0.05, 0.1) is 5.92 Å². The number of carboxylic acids is 1. The van der Waals surface area contributed by atoms with Crippen molar-refractivity contribution in [2.45, 2.75) is 25.8 Å². The van der Waals surface area contributed by atoms with Gasteiger partial charge in [-0.05, 0) is 32.4 Å². The molecule has 0 aromatic rings. The van der Waals surface area contributed by atoms with Gasteiger partial charge >= 0.3 is 12.0 Å². The number of likely N-dealkylation sites (N-methyl/N-ethyl adjacent to an activating group) is 2. The Hall–Kier alpha value is -1.30. The van der Waals surface area contributed by atoms with Gasteiger partial charge in [-0.15, -0.1) is 0 Å². The van der Waals surface area contributed by atoms with Crippen LogP contribution in [0.2, 0.25) is 0 Å². The van der Waals surface area contributed by atoms with E-state index in [4.69, 9.17) is 5.11 Å². The van der Waals surface area contributed by atoms with Crippen LogP contribution in [0.1, 0.15) is 19.8 Å². The Morgan fingerprint density at radius 2 is 1.95 bits per heavy atom. The molecule has 3 atom stereocenters. The van der Waals surface area contributed by atoms with Crippen LogP contribution in [0.15, 0.2) is 0 Å². The van der Waals surface area contributed by atoms with E-state index in [0.29, 0.717) is 13.1 Å². The summed E-state index contributed by atoms with van der Waals surface area (Å²) in [6, 6.07) is 0.210. The van der Waals surface area contributed by atoms with E-state index in [1.807, 2.05) is 14.0 Å². The third-order valence-electron chi connectivity index (χ3n) is 4.65. The number of carbonyl (C=O) groups excluding carboxylic acids is 1. The summed E-state index contributed by atoms with van der Waals surface area (Å²) in [6.07, 6.45) is 2.13. The van der Waals surface area contributed by atoms with Gasteiger partial charge in [-0.1, -0.05) is 6.92 Å². The molecule has 0 radical (unpaired) electrons. The van der Waals surface area contributed by atoms with Crippen LogP contribution in [0.3, 0.4) is 0 Å². The molecule has 20 heavy (non-hydrogen) atoms. The van der Waals surface area contributed by atoms with Crippen LogP contribution in [-0.4, -0.2) is 78.1 Å². The molecule has 6 nitrogen and oxygen atoms in total. The van der Waals surface area contributed by atoms with Gasteiger partial charge in [0.15, 0.2) is 0 Å². The number of carboxylic acid groups (broad SMARTS) is 1. The molecule has 0 saturated carbocycles. The molecular formula is C14H25N3O3. The summed E-state index contributed by atoms with van der Waals surface area (Å²) in [4.78, 5) is 29.4. The predicted octanol–water partition coefficient (Wildman–Crippen LogP) is 0.785. The standard InChI is InChI=1S/C14H25N3O3/c1-10-7-17(9-12(10)13(18)19)14(20)16(3)11-5-4-6-15(2)8-11/h10-12H,4-9H2,1-3H3,(H,18,19)/t10-,11?,12-/m1/s1. The van der Waals surface area contributed by atoms with Gasteiger partial charge in [0.2, 0.25) is 0 Å². The van der Waals surface area contributed by atoms with Gasteiger partial charge in [-0.3, -0.25) is 4.79 Å². The number of piperidine rings is 1. The van der Waals surface area contributed by atoms with Crippen LogP contribution in [0.4, 0.5) is 4.79 Å². The summed E-state index contributed by atoms with van der Waals surface area (Å²) in [7, 11) is 3.91. The molecule has 2 aliphatic heterocycles. The van der Waals surface area contributed by atoms with Crippen molar-refractivity contribution in [1.82, 2.24) is 14.7 Å². The lowest BCUT2D eigenvalue weighted by Crippen LogP contribution is -2.51. The summed E-state index contributed by atoms with van der Waals surface area (Å²) in [5.74, 6) is -1.20. The van der Waals surface area contributed by atoms with Gasteiger partial charge in [-0.2, -0.15) is 0 Å². The minimum atomic E-state index is -0.798. The fraction of sp³-hybridized carbons (Fsp3) is 0.857. The highest BCUT2D eigenvalue weighted by molar-refractivity contribution is 5.77. The zero-order valence-corrected chi connectivity index (χ0v) is 12.6. The molecule has 2 heterocycles. The van der Waals surface area contributed by atoms with E-state index in [2.05, 4.69) is 11.9 Å². The van der Waals surface area contributed by atoms with E-state index in [1.165, 1.54) is 0 Å². The number of aliphatic carboxylic acids is 1. The van der Waals surface area contributed by atoms with Crippen LogP contribution in [-0.2, 0) is 4.79 Å². The van der Waals surface area contributed by atoms with Gasteiger partial charge < -0.3 is 19.8 Å². The number of hydrogen-bond acceptors (Lipinski definition) is 3. The van der Waals surface area contributed by atoms with Crippen molar-refractivity contribution in [2.75, 3.05) is 40.3 Å². The second kappa shape index (κ2) is 5.99. The van der Waals surface area contributed by atoms with E-state index >= 15 is 0 Å². The average molecular weight is 283 g/mol. The van der Waals surface area contributed by atoms with Crippen molar-refractivity contribution in [3.05, 3.63) is 0 Å². The number of nitrogens with zero attached hydrogens (tertiary/aromatic N) is 3. The third kappa shape index (κ3) is 3.06. The highest BCUT2D eigenvalue weighted by atomic mass is 16.4. The largest absolute Gasteiger partial charge is 0.481 e. The van der Waals surface area contributed by atoms with Gasteiger partial charge in [0, 0.05) is 32.7 Å². The Kier molecular flexibility index (Phi) is 4.52. The number of likely N-dealkylation sites (tertiary alicyclic amines) is 2. The van der Waals surface area contributed by atoms with E-state index in [9.17, 15) is 9.59 Å². The fourth-order valence-electron chi connectivity index (χ4n) is 3.28.